The predicted molar refractivity (Wildman–Crippen MR) is 133 cm³/mol. The van der Waals surface area contributed by atoms with E-state index < -0.39 is 0 Å². The molecule has 3 heterocycles. The first-order valence-electron chi connectivity index (χ1n) is 10.9. The van der Waals surface area contributed by atoms with E-state index in [0.29, 0.717) is 0 Å². The van der Waals surface area contributed by atoms with Crippen LogP contribution in [0.15, 0.2) is 83.9 Å². The monoisotopic (exact) mass is 396 g/mol. The van der Waals surface area contributed by atoms with Gasteiger partial charge in [-0.2, -0.15) is 0 Å². The quantitative estimate of drug-likeness (QED) is 0.286. The number of aliphatic imine (C=N–C) groups is 1. The van der Waals surface area contributed by atoms with Crippen molar-refractivity contribution < 1.29 is 0 Å². The SMILES string of the molecule is C=Nc1cccc2c1c1cccc3c1n2-c1cccc2c1B3c1ccccc1C2(C)C. The molecule has 0 fully saturated rings. The maximum absolute atomic E-state index is 4.37. The van der Waals surface area contributed by atoms with Gasteiger partial charge in [0.2, 0.25) is 6.71 Å². The molecule has 5 aromatic rings. The molecule has 0 saturated carbocycles. The summed E-state index contributed by atoms with van der Waals surface area (Å²) in [5.41, 5.74) is 11.8. The van der Waals surface area contributed by atoms with Gasteiger partial charge in [-0.05, 0) is 47.0 Å². The van der Waals surface area contributed by atoms with E-state index in [0.717, 1.165) is 5.69 Å². The second kappa shape index (κ2) is 5.56. The lowest BCUT2D eigenvalue weighted by atomic mass is 9.30. The molecule has 1 aromatic heterocycles. The third-order valence-electron chi connectivity index (χ3n) is 7.53. The van der Waals surface area contributed by atoms with E-state index in [1.807, 2.05) is 0 Å². The number of fused-ring (bicyclic) bond motifs is 7. The van der Waals surface area contributed by atoms with Crippen molar-refractivity contribution in [3.8, 4) is 5.69 Å². The van der Waals surface area contributed by atoms with Crippen LogP contribution in [0.4, 0.5) is 5.69 Å². The van der Waals surface area contributed by atoms with Crippen molar-refractivity contribution in [1.82, 2.24) is 4.57 Å². The molecule has 31 heavy (non-hydrogen) atoms. The van der Waals surface area contributed by atoms with Crippen molar-refractivity contribution in [2.75, 3.05) is 0 Å². The lowest BCUT2D eigenvalue weighted by molar-refractivity contribution is 0.645. The van der Waals surface area contributed by atoms with Gasteiger partial charge in [0.05, 0.1) is 11.2 Å². The van der Waals surface area contributed by atoms with E-state index in [2.05, 4.69) is 109 Å². The number of benzene rings is 4. The van der Waals surface area contributed by atoms with Crippen LogP contribution in [-0.4, -0.2) is 18.0 Å². The van der Waals surface area contributed by atoms with Gasteiger partial charge in [-0.1, -0.05) is 80.0 Å². The maximum atomic E-state index is 4.37. The summed E-state index contributed by atoms with van der Waals surface area (Å²) in [7, 11) is 0. The molecule has 146 valence electrons. The van der Waals surface area contributed by atoms with Gasteiger partial charge in [0, 0.05) is 27.4 Å². The molecule has 2 nitrogen and oxygen atoms in total. The Kier molecular flexibility index (Phi) is 3.07. The molecule has 0 spiro atoms. The molecule has 0 aliphatic carbocycles. The van der Waals surface area contributed by atoms with Gasteiger partial charge < -0.3 is 4.57 Å². The molecule has 2 aliphatic heterocycles. The number of hydrogen-bond donors (Lipinski definition) is 0. The highest BCUT2D eigenvalue weighted by atomic mass is 15.0. The Bertz CT molecular complexity index is 1590. The highest BCUT2D eigenvalue weighted by Crippen LogP contribution is 2.41. The second-order valence-corrected chi connectivity index (χ2v) is 9.29. The summed E-state index contributed by atoms with van der Waals surface area (Å²) in [5.74, 6) is 0. The van der Waals surface area contributed by atoms with Gasteiger partial charge in [0.25, 0.3) is 0 Å². The van der Waals surface area contributed by atoms with Gasteiger partial charge >= 0.3 is 0 Å². The molecule has 0 N–H and O–H groups in total. The summed E-state index contributed by atoms with van der Waals surface area (Å²) in [6.07, 6.45) is 0. The standard InChI is InChI=1S/C28H21BN2/c1-28(2)18-10-4-5-12-20(18)29-21-13-6-9-17-25-22(30-3)14-8-15-23(25)31(27(17)21)24-16-7-11-19(28)26(24)29/h4-16H,3H2,1-2H3. The van der Waals surface area contributed by atoms with Crippen LogP contribution in [0.2, 0.25) is 0 Å². The first kappa shape index (κ1) is 17.1. The van der Waals surface area contributed by atoms with Crippen molar-refractivity contribution in [2.45, 2.75) is 19.3 Å². The van der Waals surface area contributed by atoms with Crippen LogP contribution in [0.1, 0.15) is 25.0 Å². The smallest absolute Gasteiger partial charge is 0.247 e. The van der Waals surface area contributed by atoms with Crippen LogP contribution in [0.3, 0.4) is 0 Å². The molecule has 0 atom stereocenters. The zero-order valence-electron chi connectivity index (χ0n) is 17.7. The molecule has 3 heteroatoms. The summed E-state index contributed by atoms with van der Waals surface area (Å²) in [4.78, 5) is 4.37. The number of para-hydroxylation sites is 1. The molecule has 2 aliphatic rings. The summed E-state index contributed by atoms with van der Waals surface area (Å²) >= 11 is 0. The molecule has 0 bridgehead atoms. The number of aromatic nitrogens is 1. The normalized spacial score (nSPS) is 15.1. The Morgan fingerprint density at radius 1 is 0.806 bits per heavy atom. The minimum absolute atomic E-state index is 0.0410. The molecular formula is C28H21BN2. The minimum Gasteiger partial charge on any atom is -0.310 e. The Labute approximate surface area is 181 Å². The van der Waals surface area contributed by atoms with E-state index in [1.165, 1.54) is 55.0 Å². The fourth-order valence-corrected chi connectivity index (χ4v) is 6.28. The van der Waals surface area contributed by atoms with Crippen LogP contribution in [0, 0.1) is 0 Å². The average Bonchev–Trinajstić information content (AvgIpc) is 3.15. The van der Waals surface area contributed by atoms with Crippen LogP contribution in [0.5, 0.6) is 0 Å². The highest BCUT2D eigenvalue weighted by Gasteiger charge is 2.44. The molecule has 0 unspecified atom stereocenters. The van der Waals surface area contributed by atoms with Crippen molar-refractivity contribution >= 4 is 57.3 Å². The Morgan fingerprint density at radius 2 is 1.55 bits per heavy atom. The van der Waals surface area contributed by atoms with Crippen molar-refractivity contribution in [3.05, 3.63) is 90.0 Å². The van der Waals surface area contributed by atoms with E-state index in [1.54, 1.807) is 0 Å². The molecule has 0 saturated heterocycles. The van der Waals surface area contributed by atoms with Gasteiger partial charge in [-0.3, -0.25) is 4.99 Å². The molecule has 7 rings (SSSR count). The Hall–Kier alpha value is -3.59. The van der Waals surface area contributed by atoms with Gasteiger partial charge in [0.1, 0.15) is 0 Å². The van der Waals surface area contributed by atoms with Crippen molar-refractivity contribution in [3.63, 3.8) is 0 Å². The number of nitrogens with zero attached hydrogens (tertiary/aromatic N) is 2. The van der Waals surface area contributed by atoms with E-state index in [9.17, 15) is 0 Å². The average molecular weight is 396 g/mol. The topological polar surface area (TPSA) is 17.3 Å². The van der Waals surface area contributed by atoms with Crippen LogP contribution in [0.25, 0.3) is 27.5 Å². The fourth-order valence-electron chi connectivity index (χ4n) is 6.28. The lowest BCUT2D eigenvalue weighted by Gasteiger charge is -2.41. The van der Waals surface area contributed by atoms with Gasteiger partial charge in [-0.25, -0.2) is 0 Å². The fraction of sp³-hybridized carbons (Fsp3) is 0.107. The largest absolute Gasteiger partial charge is 0.310 e. The maximum Gasteiger partial charge on any atom is 0.247 e. The zero-order valence-corrected chi connectivity index (χ0v) is 17.7. The second-order valence-electron chi connectivity index (χ2n) is 9.29. The van der Waals surface area contributed by atoms with Gasteiger partial charge in [-0.15, -0.1) is 0 Å². The molecule has 4 aromatic carbocycles. The molecule has 0 radical (unpaired) electrons. The van der Waals surface area contributed by atoms with Crippen molar-refractivity contribution in [1.29, 1.82) is 0 Å². The summed E-state index contributed by atoms with van der Waals surface area (Å²) in [6.45, 7) is 8.82. The number of rotatable bonds is 1. The highest BCUT2D eigenvalue weighted by molar-refractivity contribution is 6.99. The third-order valence-corrected chi connectivity index (χ3v) is 7.53. The predicted octanol–water partition coefficient (Wildman–Crippen LogP) is 4.58. The number of hydrogen-bond acceptors (Lipinski definition) is 1. The summed E-state index contributed by atoms with van der Waals surface area (Å²) < 4.78 is 2.47. The van der Waals surface area contributed by atoms with Gasteiger partial charge in [0.15, 0.2) is 0 Å². The van der Waals surface area contributed by atoms with Crippen LogP contribution < -0.4 is 16.4 Å². The summed E-state index contributed by atoms with van der Waals surface area (Å²) in [5, 5.41) is 2.45. The van der Waals surface area contributed by atoms with E-state index in [4.69, 9.17) is 0 Å². The lowest BCUT2D eigenvalue weighted by Crippen LogP contribution is -2.63. The van der Waals surface area contributed by atoms with E-state index in [-0.39, 0.29) is 12.1 Å². The zero-order chi connectivity index (χ0) is 20.9. The first-order valence-corrected chi connectivity index (χ1v) is 10.9. The molecular weight excluding hydrogens is 375 g/mol. The van der Waals surface area contributed by atoms with Crippen LogP contribution >= 0.6 is 0 Å². The third kappa shape index (κ3) is 1.88. The van der Waals surface area contributed by atoms with E-state index >= 15 is 0 Å². The summed E-state index contributed by atoms with van der Waals surface area (Å²) in [6, 6.07) is 29.0. The Morgan fingerprint density at radius 3 is 2.42 bits per heavy atom. The van der Waals surface area contributed by atoms with Crippen molar-refractivity contribution in [2.24, 2.45) is 4.99 Å². The molecule has 0 amide bonds. The Balaban J connectivity index is 1.77. The first-order chi connectivity index (χ1) is 15.1. The van der Waals surface area contributed by atoms with Crippen LogP contribution in [-0.2, 0) is 5.41 Å². The minimum atomic E-state index is -0.0410.